The fourth-order valence-corrected chi connectivity index (χ4v) is 3.41. The van der Waals surface area contributed by atoms with Crippen molar-refractivity contribution in [2.75, 3.05) is 13.2 Å². The van der Waals surface area contributed by atoms with E-state index in [4.69, 9.17) is 22.1 Å². The molecule has 0 bridgehead atoms. The maximum absolute atomic E-state index is 12.4. The van der Waals surface area contributed by atoms with Crippen molar-refractivity contribution in [3.05, 3.63) is 53.6 Å². The Labute approximate surface area is 157 Å². The van der Waals surface area contributed by atoms with Gasteiger partial charge in [0.1, 0.15) is 11.8 Å². The van der Waals surface area contributed by atoms with Gasteiger partial charge in [-0.1, -0.05) is 48.0 Å². The lowest BCUT2D eigenvalue weighted by Gasteiger charge is -2.33. The molecule has 26 heavy (non-hydrogen) atoms. The third kappa shape index (κ3) is 4.17. The molecule has 1 aliphatic rings. The number of hydrogen-bond donors (Lipinski definition) is 1. The minimum absolute atomic E-state index is 0.172. The highest BCUT2D eigenvalue weighted by molar-refractivity contribution is 6.32. The lowest BCUT2D eigenvalue weighted by molar-refractivity contribution is -0.142. The van der Waals surface area contributed by atoms with E-state index >= 15 is 0 Å². The maximum Gasteiger partial charge on any atom is 0.261 e. The summed E-state index contributed by atoms with van der Waals surface area (Å²) in [5, 5.41) is 0.434. The fraction of sp³-hybridized carbons (Fsp3) is 0.300. The van der Waals surface area contributed by atoms with E-state index in [1.807, 2.05) is 42.5 Å². The number of benzene rings is 2. The monoisotopic (exact) mass is 372 g/mol. The first-order valence-corrected chi connectivity index (χ1v) is 9.00. The normalized spacial score (nSPS) is 17.0. The van der Waals surface area contributed by atoms with Gasteiger partial charge in [0, 0.05) is 6.54 Å². The number of carbonyl (C=O) groups is 2. The van der Waals surface area contributed by atoms with E-state index in [0.717, 1.165) is 24.0 Å². The molecule has 1 saturated heterocycles. The second-order valence-electron chi connectivity index (χ2n) is 6.30. The van der Waals surface area contributed by atoms with Crippen molar-refractivity contribution >= 4 is 23.4 Å². The number of carbonyl (C=O) groups excluding carboxylic acids is 2. The molecule has 0 aromatic heterocycles. The Bertz CT molecular complexity index is 795. The van der Waals surface area contributed by atoms with Gasteiger partial charge in [0.25, 0.3) is 5.91 Å². The van der Waals surface area contributed by atoms with Crippen LogP contribution in [0, 0.1) is 0 Å². The molecule has 3 rings (SSSR count). The van der Waals surface area contributed by atoms with Crippen LogP contribution in [0.2, 0.25) is 5.02 Å². The molecule has 0 spiro atoms. The molecule has 1 heterocycles. The Morgan fingerprint density at radius 1 is 1.12 bits per heavy atom. The second kappa shape index (κ2) is 8.23. The maximum atomic E-state index is 12.4. The summed E-state index contributed by atoms with van der Waals surface area (Å²) in [6, 6.07) is 14.8. The third-order valence-electron chi connectivity index (χ3n) is 4.54. The van der Waals surface area contributed by atoms with Crippen LogP contribution in [0.5, 0.6) is 5.75 Å². The van der Waals surface area contributed by atoms with Crippen LogP contribution in [0.3, 0.4) is 0 Å². The zero-order valence-electron chi connectivity index (χ0n) is 14.4. The van der Waals surface area contributed by atoms with Crippen molar-refractivity contribution in [3.8, 4) is 16.9 Å². The van der Waals surface area contributed by atoms with E-state index in [9.17, 15) is 9.59 Å². The summed E-state index contributed by atoms with van der Waals surface area (Å²) in [6.45, 7) is 0.352. The van der Waals surface area contributed by atoms with E-state index in [0.29, 0.717) is 23.7 Å². The van der Waals surface area contributed by atoms with Gasteiger partial charge in [-0.2, -0.15) is 0 Å². The number of ether oxygens (including phenoxy) is 1. The molecular weight excluding hydrogens is 352 g/mol. The number of nitrogens with zero attached hydrogens (tertiary/aromatic N) is 1. The SMILES string of the molecule is NC(=O)C1CCCCN1C(=O)COc1ccc(-c2ccccc2)cc1Cl. The number of primary amides is 1. The van der Waals surface area contributed by atoms with Gasteiger partial charge in [0.05, 0.1) is 5.02 Å². The molecule has 2 aromatic rings. The van der Waals surface area contributed by atoms with Gasteiger partial charge in [-0.25, -0.2) is 0 Å². The summed E-state index contributed by atoms with van der Waals surface area (Å²) >= 11 is 6.30. The van der Waals surface area contributed by atoms with Crippen LogP contribution in [0.25, 0.3) is 11.1 Å². The van der Waals surface area contributed by atoms with Gasteiger partial charge in [-0.3, -0.25) is 9.59 Å². The average Bonchev–Trinajstić information content (AvgIpc) is 2.67. The zero-order valence-corrected chi connectivity index (χ0v) is 15.1. The summed E-state index contributed by atoms with van der Waals surface area (Å²) in [6.07, 6.45) is 2.36. The molecule has 0 radical (unpaired) electrons. The van der Waals surface area contributed by atoms with Crippen LogP contribution < -0.4 is 10.5 Å². The number of piperidine rings is 1. The Morgan fingerprint density at radius 2 is 1.88 bits per heavy atom. The van der Waals surface area contributed by atoms with Gasteiger partial charge >= 0.3 is 0 Å². The quantitative estimate of drug-likeness (QED) is 0.875. The van der Waals surface area contributed by atoms with Crippen LogP contribution in [0.15, 0.2) is 48.5 Å². The van der Waals surface area contributed by atoms with Crippen molar-refractivity contribution in [1.82, 2.24) is 4.90 Å². The molecule has 0 aliphatic carbocycles. The minimum Gasteiger partial charge on any atom is -0.482 e. The van der Waals surface area contributed by atoms with Gasteiger partial charge in [0.2, 0.25) is 5.91 Å². The fourth-order valence-electron chi connectivity index (χ4n) is 3.18. The van der Waals surface area contributed by atoms with Crippen molar-refractivity contribution in [1.29, 1.82) is 0 Å². The average molecular weight is 373 g/mol. The number of amides is 2. The molecular formula is C20H21ClN2O3. The molecule has 2 N–H and O–H groups in total. The first kappa shape index (κ1) is 18.3. The molecule has 2 aromatic carbocycles. The first-order chi connectivity index (χ1) is 12.6. The number of nitrogens with two attached hydrogens (primary N) is 1. The van der Waals surface area contributed by atoms with Crippen LogP contribution >= 0.6 is 11.6 Å². The predicted molar refractivity (Wildman–Crippen MR) is 101 cm³/mol. The predicted octanol–water partition coefficient (Wildman–Crippen LogP) is 3.25. The molecule has 5 nitrogen and oxygen atoms in total. The Balaban J connectivity index is 1.66. The summed E-state index contributed by atoms with van der Waals surface area (Å²) < 4.78 is 5.60. The zero-order chi connectivity index (χ0) is 18.5. The third-order valence-corrected chi connectivity index (χ3v) is 4.84. The van der Waals surface area contributed by atoms with Crippen LogP contribution in [-0.4, -0.2) is 35.9 Å². The Hall–Kier alpha value is -2.53. The standard InChI is InChI=1S/C20H21ClN2O3/c21-16-12-15(14-6-2-1-3-7-14)9-10-18(16)26-13-19(24)23-11-5-4-8-17(23)20(22)25/h1-3,6-7,9-10,12,17H,4-5,8,11,13H2,(H2,22,25). The van der Waals surface area contributed by atoms with Gasteiger partial charge in [-0.15, -0.1) is 0 Å². The van der Waals surface area contributed by atoms with Crippen LogP contribution in [0.4, 0.5) is 0 Å². The largest absolute Gasteiger partial charge is 0.482 e. The Kier molecular flexibility index (Phi) is 5.78. The number of hydrogen-bond acceptors (Lipinski definition) is 3. The Morgan fingerprint density at radius 3 is 2.58 bits per heavy atom. The van der Waals surface area contributed by atoms with E-state index in [-0.39, 0.29) is 12.5 Å². The highest BCUT2D eigenvalue weighted by atomic mass is 35.5. The molecule has 1 atom stereocenters. The van der Waals surface area contributed by atoms with Gasteiger partial charge in [0.15, 0.2) is 6.61 Å². The van der Waals surface area contributed by atoms with Crippen LogP contribution in [0.1, 0.15) is 19.3 Å². The van der Waals surface area contributed by atoms with E-state index in [1.54, 1.807) is 6.07 Å². The molecule has 1 aliphatic heterocycles. The van der Waals surface area contributed by atoms with E-state index in [1.165, 1.54) is 4.90 Å². The van der Waals surface area contributed by atoms with Crippen molar-refractivity contribution in [2.24, 2.45) is 5.73 Å². The summed E-state index contributed by atoms with van der Waals surface area (Å²) in [4.78, 5) is 25.5. The first-order valence-electron chi connectivity index (χ1n) is 8.63. The second-order valence-corrected chi connectivity index (χ2v) is 6.71. The van der Waals surface area contributed by atoms with E-state index in [2.05, 4.69) is 0 Å². The van der Waals surface area contributed by atoms with Crippen molar-refractivity contribution in [3.63, 3.8) is 0 Å². The molecule has 2 amide bonds. The summed E-state index contributed by atoms with van der Waals surface area (Å²) in [5.74, 6) is -0.285. The molecule has 0 saturated carbocycles. The molecule has 1 fully saturated rings. The van der Waals surface area contributed by atoms with Crippen LogP contribution in [-0.2, 0) is 9.59 Å². The number of likely N-dealkylation sites (tertiary alicyclic amines) is 1. The summed E-state index contributed by atoms with van der Waals surface area (Å²) in [5.41, 5.74) is 7.43. The lowest BCUT2D eigenvalue weighted by Crippen LogP contribution is -2.51. The molecule has 6 heteroatoms. The minimum atomic E-state index is -0.546. The van der Waals surface area contributed by atoms with Gasteiger partial charge in [-0.05, 0) is 42.5 Å². The van der Waals surface area contributed by atoms with Crippen molar-refractivity contribution in [2.45, 2.75) is 25.3 Å². The highest BCUT2D eigenvalue weighted by Gasteiger charge is 2.30. The number of halogens is 1. The molecule has 136 valence electrons. The molecule has 1 unspecified atom stereocenters. The lowest BCUT2D eigenvalue weighted by atomic mass is 10.0. The van der Waals surface area contributed by atoms with Gasteiger partial charge < -0.3 is 15.4 Å². The van der Waals surface area contributed by atoms with E-state index < -0.39 is 11.9 Å². The highest BCUT2D eigenvalue weighted by Crippen LogP contribution is 2.30. The van der Waals surface area contributed by atoms with Crippen molar-refractivity contribution < 1.29 is 14.3 Å². The topological polar surface area (TPSA) is 72.6 Å². The summed E-state index contributed by atoms with van der Waals surface area (Å²) in [7, 11) is 0. The smallest absolute Gasteiger partial charge is 0.261 e. The number of rotatable bonds is 5.